The largest absolute Gasteiger partial charge is 0.416 e. The summed E-state index contributed by atoms with van der Waals surface area (Å²) in [5.74, 6) is -1.05. The first kappa shape index (κ1) is 17.4. The second kappa shape index (κ2) is 5.59. The minimum atomic E-state index is -4.91. The molecule has 0 saturated heterocycles. The molecule has 1 aromatic rings. The molecule has 2 amide bonds. The van der Waals surface area contributed by atoms with E-state index < -0.39 is 41.3 Å². The third kappa shape index (κ3) is 4.06. The van der Waals surface area contributed by atoms with Crippen molar-refractivity contribution in [2.45, 2.75) is 24.7 Å². The number of alkyl halides is 6. The van der Waals surface area contributed by atoms with Crippen LogP contribution in [0.1, 0.15) is 29.0 Å². The molecule has 2 unspecified atom stereocenters. The third-order valence-electron chi connectivity index (χ3n) is 3.62. The highest BCUT2D eigenvalue weighted by molar-refractivity contribution is 5.70. The van der Waals surface area contributed by atoms with Crippen LogP contribution in [0.15, 0.2) is 18.2 Å². The SMILES string of the molecule is NC(=O)N(O)CC1CC1c1cc(C(F)(F)F)cc(C(F)(F)F)c1. The molecular formula is C13H12F6N2O2. The number of benzene rings is 1. The molecule has 4 nitrogen and oxygen atoms in total. The topological polar surface area (TPSA) is 66.6 Å². The van der Waals surface area contributed by atoms with Crippen molar-refractivity contribution in [2.24, 2.45) is 11.7 Å². The van der Waals surface area contributed by atoms with Crippen LogP contribution in [-0.4, -0.2) is 22.8 Å². The molecule has 0 aliphatic heterocycles. The number of halogens is 6. The molecule has 0 spiro atoms. The predicted octanol–water partition coefficient (Wildman–Crippen LogP) is 3.60. The van der Waals surface area contributed by atoms with E-state index >= 15 is 0 Å². The van der Waals surface area contributed by atoms with E-state index in [1.165, 1.54) is 0 Å². The number of carbonyl (C=O) groups is 1. The van der Waals surface area contributed by atoms with Gasteiger partial charge in [0, 0.05) is 0 Å². The van der Waals surface area contributed by atoms with Gasteiger partial charge in [0.05, 0.1) is 17.7 Å². The molecule has 1 aliphatic carbocycles. The summed E-state index contributed by atoms with van der Waals surface area (Å²) >= 11 is 0. The van der Waals surface area contributed by atoms with Crippen LogP contribution < -0.4 is 5.73 Å². The van der Waals surface area contributed by atoms with Gasteiger partial charge in [-0.2, -0.15) is 26.3 Å². The molecule has 10 heteroatoms. The number of hydroxylamine groups is 2. The molecule has 3 N–H and O–H groups in total. The second-order valence-electron chi connectivity index (χ2n) is 5.36. The number of nitrogens with zero attached hydrogens (tertiary/aromatic N) is 1. The maximum absolute atomic E-state index is 12.8. The van der Waals surface area contributed by atoms with Crippen LogP contribution in [0, 0.1) is 5.92 Å². The number of hydrogen-bond donors (Lipinski definition) is 2. The summed E-state index contributed by atoms with van der Waals surface area (Å²) in [6.07, 6.45) is -9.56. The van der Waals surface area contributed by atoms with Crippen molar-refractivity contribution in [3.8, 4) is 0 Å². The molecule has 1 aliphatic rings. The highest BCUT2D eigenvalue weighted by atomic mass is 19.4. The molecule has 1 saturated carbocycles. The minimum Gasteiger partial charge on any atom is -0.350 e. The fourth-order valence-corrected chi connectivity index (χ4v) is 2.36. The van der Waals surface area contributed by atoms with E-state index in [-0.39, 0.29) is 29.7 Å². The number of carbonyl (C=O) groups excluding carboxylic acids is 1. The van der Waals surface area contributed by atoms with E-state index in [2.05, 4.69) is 0 Å². The van der Waals surface area contributed by atoms with Gasteiger partial charge in [0.2, 0.25) is 0 Å². The van der Waals surface area contributed by atoms with Crippen LogP contribution in [0.2, 0.25) is 0 Å². The van der Waals surface area contributed by atoms with Crippen LogP contribution in [0.4, 0.5) is 31.1 Å². The van der Waals surface area contributed by atoms with Gasteiger partial charge >= 0.3 is 18.4 Å². The van der Waals surface area contributed by atoms with E-state index in [1.807, 2.05) is 0 Å². The van der Waals surface area contributed by atoms with Gasteiger partial charge in [0.25, 0.3) is 0 Å². The fraction of sp³-hybridized carbons (Fsp3) is 0.462. The normalized spacial score (nSPS) is 21.2. The van der Waals surface area contributed by atoms with Crippen LogP contribution in [0.5, 0.6) is 0 Å². The maximum Gasteiger partial charge on any atom is 0.416 e. The van der Waals surface area contributed by atoms with Gasteiger partial charge in [-0.25, -0.2) is 9.86 Å². The Bertz CT molecular complexity index is 581. The van der Waals surface area contributed by atoms with Gasteiger partial charge in [-0.05, 0) is 42.0 Å². The van der Waals surface area contributed by atoms with Crippen LogP contribution in [0.3, 0.4) is 0 Å². The molecule has 0 bridgehead atoms. The zero-order chi connectivity index (χ0) is 17.6. The van der Waals surface area contributed by atoms with Crippen molar-refractivity contribution in [2.75, 3.05) is 6.54 Å². The Labute approximate surface area is 126 Å². The number of amides is 2. The fourth-order valence-electron chi connectivity index (χ4n) is 2.36. The quantitative estimate of drug-likeness (QED) is 0.501. The van der Waals surface area contributed by atoms with Crippen LogP contribution in [0.25, 0.3) is 0 Å². The van der Waals surface area contributed by atoms with E-state index in [0.29, 0.717) is 12.1 Å². The number of rotatable bonds is 3. The highest BCUT2D eigenvalue weighted by Gasteiger charge is 2.43. The Morgan fingerprint density at radius 2 is 1.61 bits per heavy atom. The summed E-state index contributed by atoms with van der Waals surface area (Å²) in [6, 6.07) is 0.233. The lowest BCUT2D eigenvalue weighted by Crippen LogP contribution is -2.34. The number of hydrogen-bond acceptors (Lipinski definition) is 2. The molecule has 23 heavy (non-hydrogen) atoms. The van der Waals surface area contributed by atoms with E-state index in [4.69, 9.17) is 10.9 Å². The Morgan fingerprint density at radius 1 is 1.13 bits per heavy atom. The standard InChI is InChI=1S/C13H12F6N2O2/c14-12(15,16)8-1-6(2-9(4-8)13(17,18)19)10-3-7(10)5-21(23)11(20)22/h1-2,4,7,10,23H,3,5H2,(H2,20,22). The predicted molar refractivity (Wildman–Crippen MR) is 65.4 cm³/mol. The molecule has 1 fully saturated rings. The monoisotopic (exact) mass is 342 g/mol. The summed E-state index contributed by atoms with van der Waals surface area (Å²) in [7, 11) is 0. The molecule has 0 heterocycles. The molecule has 2 atom stereocenters. The lowest BCUT2D eigenvalue weighted by atomic mass is 10.0. The van der Waals surface area contributed by atoms with Gasteiger partial charge in [-0.1, -0.05) is 0 Å². The lowest BCUT2D eigenvalue weighted by molar-refractivity contribution is -0.143. The molecule has 0 aromatic heterocycles. The second-order valence-corrected chi connectivity index (χ2v) is 5.36. The van der Waals surface area contributed by atoms with E-state index in [9.17, 15) is 31.1 Å². The van der Waals surface area contributed by atoms with Crippen molar-refractivity contribution in [3.05, 3.63) is 34.9 Å². The molecular weight excluding hydrogens is 330 g/mol. The Kier molecular flexibility index (Phi) is 4.22. The number of urea groups is 1. The third-order valence-corrected chi connectivity index (χ3v) is 3.62. The zero-order valence-electron chi connectivity index (χ0n) is 11.4. The summed E-state index contributed by atoms with van der Waals surface area (Å²) in [5.41, 5.74) is 1.90. The first-order valence-electron chi connectivity index (χ1n) is 6.45. The van der Waals surface area contributed by atoms with Crippen molar-refractivity contribution in [1.82, 2.24) is 5.06 Å². The first-order chi connectivity index (χ1) is 10.4. The minimum absolute atomic E-state index is 0.0582. The van der Waals surface area contributed by atoms with Gasteiger partial charge in [-0.3, -0.25) is 5.21 Å². The van der Waals surface area contributed by atoms with Crippen molar-refractivity contribution >= 4 is 6.03 Å². The van der Waals surface area contributed by atoms with Crippen molar-refractivity contribution in [1.29, 1.82) is 0 Å². The summed E-state index contributed by atoms with van der Waals surface area (Å²) < 4.78 is 76.5. The smallest absolute Gasteiger partial charge is 0.350 e. The van der Waals surface area contributed by atoms with E-state index in [1.54, 1.807) is 0 Å². The molecule has 128 valence electrons. The average Bonchev–Trinajstić information content (AvgIpc) is 3.15. The first-order valence-corrected chi connectivity index (χ1v) is 6.45. The van der Waals surface area contributed by atoms with Crippen molar-refractivity contribution in [3.63, 3.8) is 0 Å². The molecule has 2 rings (SSSR count). The van der Waals surface area contributed by atoms with Crippen molar-refractivity contribution < 1.29 is 36.3 Å². The number of primary amides is 1. The van der Waals surface area contributed by atoms with Gasteiger partial charge in [-0.15, -0.1) is 0 Å². The van der Waals surface area contributed by atoms with E-state index in [0.717, 1.165) is 0 Å². The molecule has 0 radical (unpaired) electrons. The zero-order valence-corrected chi connectivity index (χ0v) is 11.4. The van der Waals surface area contributed by atoms with Gasteiger partial charge in [0.15, 0.2) is 0 Å². The van der Waals surface area contributed by atoms with Crippen LogP contribution >= 0.6 is 0 Å². The maximum atomic E-state index is 12.8. The summed E-state index contributed by atoms with van der Waals surface area (Å²) in [6.45, 7) is -0.252. The Morgan fingerprint density at radius 3 is 2.00 bits per heavy atom. The summed E-state index contributed by atoms with van der Waals surface area (Å²) in [5, 5.41) is 9.35. The highest BCUT2D eigenvalue weighted by Crippen LogP contribution is 2.49. The lowest BCUT2D eigenvalue weighted by Gasteiger charge is -2.15. The Balaban J connectivity index is 2.28. The van der Waals surface area contributed by atoms with Gasteiger partial charge in [0.1, 0.15) is 0 Å². The average molecular weight is 342 g/mol. The molecule has 1 aromatic carbocycles. The van der Waals surface area contributed by atoms with Gasteiger partial charge < -0.3 is 5.73 Å². The Hall–Kier alpha value is -1.97. The number of nitrogens with two attached hydrogens (primary N) is 1. The summed E-state index contributed by atoms with van der Waals surface area (Å²) in [4.78, 5) is 10.7. The van der Waals surface area contributed by atoms with Crippen LogP contribution in [-0.2, 0) is 12.4 Å².